The molecule has 0 spiro atoms. The molecule has 0 saturated carbocycles. The van der Waals surface area contributed by atoms with Crippen molar-refractivity contribution in [3.05, 3.63) is 29.8 Å². The summed E-state index contributed by atoms with van der Waals surface area (Å²) >= 11 is 0. The molecule has 0 heterocycles. The molecular weight excluding hydrogens is 200 g/mol. The molecule has 0 aliphatic carbocycles. The Kier molecular flexibility index (Phi) is 3.83. The molecule has 0 saturated heterocycles. The van der Waals surface area contributed by atoms with Gasteiger partial charge in [0, 0.05) is 4.90 Å². The van der Waals surface area contributed by atoms with Crippen molar-refractivity contribution in [1.29, 1.82) is 0 Å². The fraction of sp³-hybridized carbons (Fsp3) is 0.300. The molecule has 0 N–H and O–H groups in total. The summed E-state index contributed by atoms with van der Waals surface area (Å²) in [6.45, 7) is 1.87. The van der Waals surface area contributed by atoms with Crippen LogP contribution in [-0.2, 0) is 20.3 Å². The third-order valence-corrected chi connectivity index (χ3v) is 3.26. The van der Waals surface area contributed by atoms with E-state index in [2.05, 4.69) is 4.74 Å². The number of hydrogen-bond acceptors (Lipinski definition) is 3. The Hall–Kier alpha value is -1.16. The average molecular weight is 212 g/mol. The van der Waals surface area contributed by atoms with Gasteiger partial charge in [0.05, 0.1) is 17.9 Å². The van der Waals surface area contributed by atoms with E-state index in [9.17, 15) is 9.00 Å². The molecule has 76 valence electrons. The second-order valence-electron chi connectivity index (χ2n) is 2.83. The fourth-order valence-corrected chi connectivity index (χ4v) is 2.20. The van der Waals surface area contributed by atoms with E-state index in [1.54, 1.807) is 12.1 Å². The summed E-state index contributed by atoms with van der Waals surface area (Å²) in [5, 5.41) is 0. The maximum Gasteiger partial charge on any atom is 0.318 e. The quantitative estimate of drug-likeness (QED) is 0.709. The van der Waals surface area contributed by atoms with Gasteiger partial charge in [0.1, 0.15) is 5.75 Å². The lowest BCUT2D eigenvalue weighted by Crippen LogP contribution is -2.12. The monoisotopic (exact) mass is 212 g/mol. The number of ether oxygens (including phenoxy) is 1. The second-order valence-corrected chi connectivity index (χ2v) is 4.25. The maximum absolute atomic E-state index is 11.6. The number of esters is 1. The van der Waals surface area contributed by atoms with Crippen LogP contribution in [-0.4, -0.2) is 23.0 Å². The molecule has 0 aliphatic heterocycles. The number of carbonyl (C=O) groups is 1. The smallest absolute Gasteiger partial charge is 0.318 e. The summed E-state index contributed by atoms with van der Waals surface area (Å²) in [6.07, 6.45) is 0. The van der Waals surface area contributed by atoms with Gasteiger partial charge in [-0.3, -0.25) is 9.00 Å². The summed E-state index contributed by atoms with van der Waals surface area (Å²) in [7, 11) is -0.0104. The summed E-state index contributed by atoms with van der Waals surface area (Å²) in [5.41, 5.74) is 0.926. The Morgan fingerprint density at radius 2 is 2.07 bits per heavy atom. The third-order valence-electron chi connectivity index (χ3n) is 1.82. The summed E-state index contributed by atoms with van der Waals surface area (Å²) in [4.78, 5) is 11.6. The van der Waals surface area contributed by atoms with Crippen LogP contribution >= 0.6 is 0 Å². The lowest BCUT2D eigenvalue weighted by molar-refractivity contribution is -0.137. The van der Waals surface area contributed by atoms with Crippen LogP contribution in [0.2, 0.25) is 0 Å². The first kappa shape index (κ1) is 10.9. The van der Waals surface area contributed by atoms with Crippen molar-refractivity contribution in [2.24, 2.45) is 0 Å². The standard InChI is InChI=1S/C10H12O3S/c1-8-5-3-4-6-9(8)14(12)7-10(11)13-2/h3-6H,7H2,1-2H3. The van der Waals surface area contributed by atoms with Gasteiger partial charge in [-0.25, -0.2) is 0 Å². The minimum absolute atomic E-state index is 0.0820. The van der Waals surface area contributed by atoms with Gasteiger partial charge in [-0.15, -0.1) is 0 Å². The van der Waals surface area contributed by atoms with Gasteiger partial charge in [-0.2, -0.15) is 0 Å². The van der Waals surface area contributed by atoms with E-state index in [1.807, 2.05) is 19.1 Å². The second kappa shape index (κ2) is 4.91. The zero-order valence-corrected chi connectivity index (χ0v) is 8.97. The minimum atomic E-state index is -1.30. The van der Waals surface area contributed by atoms with Gasteiger partial charge in [-0.1, -0.05) is 18.2 Å². The van der Waals surface area contributed by atoms with Gasteiger partial charge >= 0.3 is 5.97 Å². The molecule has 0 bridgehead atoms. The number of hydrogen-bond donors (Lipinski definition) is 0. The molecule has 1 rings (SSSR count). The SMILES string of the molecule is COC(=O)CS(=O)c1ccccc1C. The Labute approximate surface area is 85.5 Å². The lowest BCUT2D eigenvalue weighted by Gasteiger charge is -2.03. The van der Waals surface area contributed by atoms with Crippen molar-refractivity contribution < 1.29 is 13.7 Å². The van der Waals surface area contributed by atoms with Crippen molar-refractivity contribution in [1.82, 2.24) is 0 Å². The topological polar surface area (TPSA) is 43.4 Å². The lowest BCUT2D eigenvalue weighted by atomic mass is 10.2. The van der Waals surface area contributed by atoms with Crippen molar-refractivity contribution in [3.8, 4) is 0 Å². The van der Waals surface area contributed by atoms with Gasteiger partial charge < -0.3 is 4.74 Å². The van der Waals surface area contributed by atoms with E-state index in [-0.39, 0.29) is 5.75 Å². The molecule has 3 nitrogen and oxygen atoms in total. The first-order chi connectivity index (χ1) is 6.65. The van der Waals surface area contributed by atoms with Crippen LogP contribution < -0.4 is 0 Å². The summed E-state index contributed by atoms with van der Waals surface area (Å²) in [6, 6.07) is 7.30. The molecule has 14 heavy (non-hydrogen) atoms. The van der Waals surface area contributed by atoms with E-state index in [4.69, 9.17) is 0 Å². The predicted molar refractivity (Wildman–Crippen MR) is 54.5 cm³/mol. The number of rotatable bonds is 3. The minimum Gasteiger partial charge on any atom is -0.468 e. The zero-order chi connectivity index (χ0) is 10.6. The number of carbonyl (C=O) groups excluding carboxylic acids is 1. The normalized spacial score (nSPS) is 12.1. The number of methoxy groups -OCH3 is 1. The Morgan fingerprint density at radius 1 is 1.43 bits per heavy atom. The van der Waals surface area contributed by atoms with E-state index in [0.717, 1.165) is 5.56 Å². The highest BCUT2D eigenvalue weighted by Crippen LogP contribution is 2.12. The van der Waals surface area contributed by atoms with Crippen molar-refractivity contribution in [3.63, 3.8) is 0 Å². The first-order valence-corrected chi connectivity index (χ1v) is 5.48. The van der Waals surface area contributed by atoms with Crippen LogP contribution in [0.1, 0.15) is 5.56 Å². The molecule has 1 aromatic rings. The predicted octanol–water partition coefficient (Wildman–Crippen LogP) is 1.28. The number of benzene rings is 1. The van der Waals surface area contributed by atoms with Crippen molar-refractivity contribution >= 4 is 16.8 Å². The molecule has 1 unspecified atom stereocenters. The van der Waals surface area contributed by atoms with Gasteiger partial charge in [-0.05, 0) is 18.6 Å². The van der Waals surface area contributed by atoms with Crippen LogP contribution in [0.3, 0.4) is 0 Å². The van der Waals surface area contributed by atoms with Gasteiger partial charge in [0.15, 0.2) is 0 Å². The summed E-state index contributed by atoms with van der Waals surface area (Å²) < 4.78 is 16.1. The van der Waals surface area contributed by atoms with Crippen LogP contribution in [0, 0.1) is 6.92 Å². The average Bonchev–Trinajstić information content (AvgIpc) is 2.18. The highest BCUT2D eigenvalue weighted by molar-refractivity contribution is 7.85. The van der Waals surface area contributed by atoms with Crippen molar-refractivity contribution in [2.75, 3.05) is 12.9 Å². The molecular formula is C10H12O3S. The van der Waals surface area contributed by atoms with Crippen LogP contribution in [0.5, 0.6) is 0 Å². The van der Waals surface area contributed by atoms with E-state index in [1.165, 1.54) is 7.11 Å². The van der Waals surface area contributed by atoms with E-state index in [0.29, 0.717) is 4.90 Å². The van der Waals surface area contributed by atoms with E-state index < -0.39 is 16.8 Å². The van der Waals surface area contributed by atoms with E-state index >= 15 is 0 Å². The Balaban J connectivity index is 2.80. The molecule has 0 fully saturated rings. The molecule has 0 radical (unpaired) electrons. The maximum atomic E-state index is 11.6. The Bertz CT molecular complexity index is 360. The molecule has 0 aliphatic rings. The van der Waals surface area contributed by atoms with Gasteiger partial charge in [0.2, 0.25) is 0 Å². The third kappa shape index (κ3) is 2.67. The largest absolute Gasteiger partial charge is 0.468 e. The number of aryl methyl sites for hydroxylation is 1. The van der Waals surface area contributed by atoms with Crippen LogP contribution in [0.4, 0.5) is 0 Å². The molecule has 0 aromatic heterocycles. The highest BCUT2D eigenvalue weighted by atomic mass is 32.2. The molecule has 1 atom stereocenters. The Morgan fingerprint density at radius 3 is 2.64 bits per heavy atom. The molecule has 4 heteroatoms. The molecule has 1 aromatic carbocycles. The summed E-state index contributed by atoms with van der Waals surface area (Å²) in [5.74, 6) is -0.534. The fourth-order valence-electron chi connectivity index (χ4n) is 1.06. The first-order valence-electron chi connectivity index (χ1n) is 4.16. The van der Waals surface area contributed by atoms with Gasteiger partial charge in [0.25, 0.3) is 0 Å². The highest BCUT2D eigenvalue weighted by Gasteiger charge is 2.11. The van der Waals surface area contributed by atoms with Crippen LogP contribution in [0.25, 0.3) is 0 Å². The molecule has 0 amide bonds. The zero-order valence-electron chi connectivity index (χ0n) is 8.15. The van der Waals surface area contributed by atoms with Crippen molar-refractivity contribution in [2.45, 2.75) is 11.8 Å². The van der Waals surface area contributed by atoms with Crippen LogP contribution in [0.15, 0.2) is 29.2 Å².